The molecule has 1 rings (SSSR count). The number of amidine groups is 1. The molecule has 5 nitrogen and oxygen atoms in total. The lowest BCUT2D eigenvalue weighted by atomic mass is 10.1. The van der Waals surface area contributed by atoms with Gasteiger partial charge in [-0.25, -0.2) is 13.8 Å². The molecule has 0 saturated carbocycles. The lowest BCUT2D eigenvalue weighted by Crippen LogP contribution is -2.38. The molecule has 7 heteroatoms. The van der Waals surface area contributed by atoms with Crippen LogP contribution in [0.4, 0.5) is 14.5 Å². The lowest BCUT2D eigenvalue weighted by molar-refractivity contribution is -0.118. The van der Waals surface area contributed by atoms with Gasteiger partial charge in [0, 0.05) is 43.9 Å². The van der Waals surface area contributed by atoms with E-state index in [1.54, 1.807) is 18.3 Å². The summed E-state index contributed by atoms with van der Waals surface area (Å²) in [5.41, 5.74) is 6.45. The topological polar surface area (TPSA) is 70.7 Å². The van der Waals surface area contributed by atoms with Gasteiger partial charge in [0.05, 0.1) is 5.70 Å². The van der Waals surface area contributed by atoms with E-state index >= 15 is 0 Å². The minimum Gasteiger partial charge on any atom is -0.370 e. The molecule has 3 N–H and O–H groups in total. The van der Waals surface area contributed by atoms with Gasteiger partial charge in [0.1, 0.15) is 0 Å². The summed E-state index contributed by atoms with van der Waals surface area (Å²) in [6.07, 6.45) is 4.64. The Balaban J connectivity index is 3.04. The number of rotatable bonds is 11. The smallest absolute Gasteiger partial charge is 0.270 e. The minimum absolute atomic E-state index is 0.0497. The molecule has 0 radical (unpaired) electrons. The van der Waals surface area contributed by atoms with Crippen LogP contribution in [0.3, 0.4) is 0 Å². The molecule has 1 aromatic rings. The third-order valence-electron chi connectivity index (χ3n) is 4.18. The average Bonchev–Trinajstić information content (AvgIpc) is 2.61. The van der Waals surface area contributed by atoms with E-state index in [9.17, 15) is 13.6 Å². The van der Waals surface area contributed by atoms with E-state index in [4.69, 9.17) is 5.73 Å². The molecular weight excluding hydrogens is 374 g/mol. The van der Waals surface area contributed by atoms with Gasteiger partial charge >= 0.3 is 0 Å². The maximum absolute atomic E-state index is 13.4. The zero-order valence-electron chi connectivity index (χ0n) is 17.7. The molecular formula is C22H32F2N4O. The highest BCUT2D eigenvalue weighted by Crippen LogP contribution is 2.28. The molecule has 0 bridgehead atoms. The van der Waals surface area contributed by atoms with Gasteiger partial charge in [0.15, 0.2) is 5.84 Å². The van der Waals surface area contributed by atoms with E-state index in [0.29, 0.717) is 23.8 Å². The highest BCUT2D eigenvalue weighted by molar-refractivity contribution is 6.00. The Morgan fingerprint density at radius 2 is 2.00 bits per heavy atom. The first-order chi connectivity index (χ1) is 13.6. The van der Waals surface area contributed by atoms with Crippen molar-refractivity contribution < 1.29 is 13.6 Å². The van der Waals surface area contributed by atoms with Crippen molar-refractivity contribution in [2.75, 3.05) is 18.4 Å². The Hall–Kier alpha value is -2.70. The van der Waals surface area contributed by atoms with Crippen molar-refractivity contribution in [2.45, 2.75) is 46.5 Å². The first-order valence-corrected chi connectivity index (χ1v) is 9.75. The SMILES string of the molecule is C=C(Nc1ccc(C(C)(F)F)cc1)C(=N/C=C\C)N(CCC)CC(C)CC(N)=O. The Labute approximate surface area is 172 Å². The summed E-state index contributed by atoms with van der Waals surface area (Å²) >= 11 is 0. The first-order valence-electron chi connectivity index (χ1n) is 9.75. The molecule has 0 saturated heterocycles. The molecule has 1 amide bonds. The summed E-state index contributed by atoms with van der Waals surface area (Å²) in [6.45, 7) is 12.1. The van der Waals surface area contributed by atoms with Crippen LogP contribution in [0.2, 0.25) is 0 Å². The number of carbonyl (C=O) groups is 1. The van der Waals surface area contributed by atoms with Crippen molar-refractivity contribution in [3.63, 3.8) is 0 Å². The fourth-order valence-electron chi connectivity index (χ4n) is 2.91. The van der Waals surface area contributed by atoms with E-state index in [-0.39, 0.29) is 23.8 Å². The Kier molecular flexibility index (Phi) is 9.51. The third-order valence-corrected chi connectivity index (χ3v) is 4.18. The predicted octanol–water partition coefficient (Wildman–Crippen LogP) is 4.88. The number of nitrogens with two attached hydrogens (primary N) is 1. The number of amides is 1. The monoisotopic (exact) mass is 406 g/mol. The summed E-state index contributed by atoms with van der Waals surface area (Å²) in [7, 11) is 0. The minimum atomic E-state index is -2.89. The van der Waals surface area contributed by atoms with Crippen LogP contribution in [-0.2, 0) is 10.7 Å². The second-order valence-corrected chi connectivity index (χ2v) is 7.23. The number of allylic oxidation sites excluding steroid dienone is 1. The number of carbonyl (C=O) groups excluding carboxylic acids is 1. The average molecular weight is 407 g/mol. The molecule has 0 aliphatic carbocycles. The number of aliphatic imine (C=N–C) groups is 1. The summed E-state index contributed by atoms with van der Waals surface area (Å²) in [6, 6.07) is 5.95. The number of nitrogens with zero attached hydrogens (tertiary/aromatic N) is 2. The van der Waals surface area contributed by atoms with Crippen LogP contribution in [0.25, 0.3) is 0 Å². The van der Waals surface area contributed by atoms with Crippen LogP contribution in [0.15, 0.2) is 53.8 Å². The van der Waals surface area contributed by atoms with Crippen LogP contribution in [0, 0.1) is 5.92 Å². The van der Waals surface area contributed by atoms with Crippen molar-refractivity contribution in [3.8, 4) is 0 Å². The second-order valence-electron chi connectivity index (χ2n) is 7.23. The van der Waals surface area contributed by atoms with Gasteiger partial charge in [-0.05, 0) is 31.4 Å². The first kappa shape index (κ1) is 24.3. The third kappa shape index (κ3) is 8.46. The molecule has 0 aliphatic rings. The zero-order valence-corrected chi connectivity index (χ0v) is 17.7. The van der Waals surface area contributed by atoms with E-state index in [0.717, 1.165) is 19.9 Å². The second kappa shape index (κ2) is 11.3. The highest BCUT2D eigenvalue weighted by atomic mass is 19.3. The maximum atomic E-state index is 13.4. The van der Waals surface area contributed by atoms with Gasteiger partial charge in [-0.15, -0.1) is 0 Å². The fraction of sp³-hybridized carbons (Fsp3) is 0.455. The summed E-state index contributed by atoms with van der Waals surface area (Å²) in [5, 5.41) is 3.15. The standard InChI is InChI=1S/C22H32F2N4O/c1-6-12-26-21(28(13-7-2)15-16(3)14-20(25)29)17(4)27-19-10-8-18(9-11-19)22(5,23)24/h6,8-12,16,27H,4,7,13-15H2,1-3,5H3,(H2,25,29)/b12-6-,26-21?. The molecule has 1 aromatic carbocycles. The normalized spacial score (nSPS) is 13.4. The van der Waals surface area contributed by atoms with Crippen molar-refractivity contribution in [1.29, 1.82) is 0 Å². The van der Waals surface area contributed by atoms with Gasteiger partial charge in [-0.2, -0.15) is 0 Å². The predicted molar refractivity (Wildman–Crippen MR) is 116 cm³/mol. The molecule has 1 unspecified atom stereocenters. The number of halogens is 2. The van der Waals surface area contributed by atoms with Gasteiger partial charge < -0.3 is 16.0 Å². The van der Waals surface area contributed by atoms with Crippen LogP contribution < -0.4 is 11.1 Å². The largest absolute Gasteiger partial charge is 0.370 e. The van der Waals surface area contributed by atoms with E-state index in [1.807, 2.05) is 19.9 Å². The van der Waals surface area contributed by atoms with Gasteiger partial charge in [0.25, 0.3) is 5.92 Å². The van der Waals surface area contributed by atoms with Crippen molar-refractivity contribution in [1.82, 2.24) is 4.90 Å². The van der Waals surface area contributed by atoms with Gasteiger partial charge in [-0.3, -0.25) is 4.79 Å². The van der Waals surface area contributed by atoms with Gasteiger partial charge in [-0.1, -0.05) is 38.6 Å². The Bertz CT molecular complexity index is 736. The zero-order chi connectivity index (χ0) is 22.0. The Morgan fingerprint density at radius 1 is 1.38 bits per heavy atom. The van der Waals surface area contributed by atoms with Gasteiger partial charge in [0.2, 0.25) is 5.91 Å². The molecule has 29 heavy (non-hydrogen) atoms. The van der Waals surface area contributed by atoms with Crippen LogP contribution in [0.5, 0.6) is 0 Å². The molecule has 0 fully saturated rings. The summed E-state index contributed by atoms with van der Waals surface area (Å²) < 4.78 is 26.8. The molecule has 0 spiro atoms. The van der Waals surface area contributed by atoms with E-state index < -0.39 is 5.92 Å². The molecule has 0 heterocycles. The van der Waals surface area contributed by atoms with Crippen LogP contribution in [-0.4, -0.2) is 29.7 Å². The lowest BCUT2D eigenvalue weighted by Gasteiger charge is -2.29. The highest BCUT2D eigenvalue weighted by Gasteiger charge is 2.24. The van der Waals surface area contributed by atoms with Crippen molar-refractivity contribution >= 4 is 17.4 Å². The van der Waals surface area contributed by atoms with E-state index in [2.05, 4.69) is 28.7 Å². The van der Waals surface area contributed by atoms with Crippen molar-refractivity contribution in [3.05, 3.63) is 54.4 Å². The molecule has 0 aliphatic heterocycles. The van der Waals surface area contributed by atoms with E-state index in [1.165, 1.54) is 12.1 Å². The number of anilines is 1. The summed E-state index contributed by atoms with van der Waals surface area (Å²) in [5.74, 6) is -2.55. The quantitative estimate of drug-likeness (QED) is 0.406. The molecule has 160 valence electrons. The number of primary amides is 1. The number of alkyl halides is 2. The number of hydrogen-bond acceptors (Lipinski definition) is 3. The molecule has 0 aromatic heterocycles. The van der Waals surface area contributed by atoms with Crippen LogP contribution in [0.1, 0.15) is 46.1 Å². The van der Waals surface area contributed by atoms with Crippen LogP contribution >= 0.6 is 0 Å². The summed E-state index contributed by atoms with van der Waals surface area (Å²) in [4.78, 5) is 17.8. The van der Waals surface area contributed by atoms with Crippen molar-refractivity contribution in [2.24, 2.45) is 16.6 Å². The fourth-order valence-corrected chi connectivity index (χ4v) is 2.91. The number of hydrogen-bond donors (Lipinski definition) is 2. The number of benzene rings is 1. The molecule has 1 atom stereocenters. The Morgan fingerprint density at radius 3 is 2.48 bits per heavy atom. The number of nitrogens with one attached hydrogen (secondary N) is 1. The maximum Gasteiger partial charge on any atom is 0.270 e.